The van der Waals surface area contributed by atoms with Gasteiger partial charge in [0, 0.05) is 0 Å². The predicted molar refractivity (Wildman–Crippen MR) is 74.3 cm³/mol. The third-order valence-electron chi connectivity index (χ3n) is 3.13. The molecule has 2 N–H and O–H groups in total. The molecule has 102 valence electrons. The molecule has 3 aromatic rings. The molecule has 3 rings (SSSR count). The fourth-order valence-corrected chi connectivity index (χ4v) is 2.20. The second-order valence-corrected chi connectivity index (χ2v) is 4.56. The van der Waals surface area contributed by atoms with Gasteiger partial charge in [0.15, 0.2) is 5.82 Å². The Hall–Kier alpha value is -2.70. The van der Waals surface area contributed by atoms with Crippen molar-refractivity contribution in [2.45, 2.75) is 19.8 Å². The number of nitrogens with one attached hydrogen (secondary N) is 2. The molecule has 0 aliphatic carbocycles. The Morgan fingerprint density at radius 3 is 3.00 bits per heavy atom. The molecule has 0 saturated heterocycles. The van der Waals surface area contributed by atoms with Crippen LogP contribution in [0.25, 0.3) is 22.6 Å². The first-order valence-electron chi connectivity index (χ1n) is 6.36. The third-order valence-corrected chi connectivity index (χ3v) is 3.13. The van der Waals surface area contributed by atoms with Gasteiger partial charge in [0.05, 0.1) is 16.0 Å². The Kier molecular flexibility index (Phi) is 2.94. The zero-order valence-electron chi connectivity index (χ0n) is 10.9. The Labute approximate surface area is 114 Å². The van der Waals surface area contributed by atoms with E-state index in [1.54, 1.807) is 0 Å². The number of hydrogen-bond donors (Lipinski definition) is 2. The number of hydrogen-bond acceptors (Lipinski definition) is 4. The number of benzene rings is 1. The van der Waals surface area contributed by atoms with E-state index >= 15 is 0 Å². The summed E-state index contributed by atoms with van der Waals surface area (Å²) < 4.78 is 0. The second-order valence-electron chi connectivity index (χ2n) is 4.56. The molecule has 20 heavy (non-hydrogen) atoms. The van der Waals surface area contributed by atoms with Crippen LogP contribution in [-0.2, 0) is 6.42 Å². The molecule has 0 fully saturated rings. The van der Waals surface area contributed by atoms with E-state index < -0.39 is 4.92 Å². The number of rotatable bonds is 4. The molecule has 0 bridgehead atoms. The van der Waals surface area contributed by atoms with Gasteiger partial charge in [-0.05, 0) is 24.1 Å². The van der Waals surface area contributed by atoms with Crippen LogP contribution >= 0.6 is 0 Å². The average molecular weight is 271 g/mol. The topological polar surface area (TPSA) is 100 Å². The Morgan fingerprint density at radius 1 is 1.40 bits per heavy atom. The van der Waals surface area contributed by atoms with Crippen LogP contribution in [0.2, 0.25) is 0 Å². The minimum absolute atomic E-state index is 0.0853. The molecule has 2 aromatic heterocycles. The lowest BCUT2D eigenvalue weighted by Crippen LogP contribution is -1.90. The highest BCUT2D eigenvalue weighted by atomic mass is 16.6. The smallest absolute Gasteiger partial charge is 0.317 e. The van der Waals surface area contributed by atoms with Gasteiger partial charge in [0.25, 0.3) is 0 Å². The fraction of sp³-hybridized carbons (Fsp3) is 0.231. The Bertz CT molecular complexity index is 774. The van der Waals surface area contributed by atoms with Crippen molar-refractivity contribution < 1.29 is 4.92 Å². The van der Waals surface area contributed by atoms with Crippen molar-refractivity contribution in [2.75, 3.05) is 0 Å². The second kappa shape index (κ2) is 4.76. The highest BCUT2D eigenvalue weighted by Crippen LogP contribution is 2.27. The molecular weight excluding hydrogens is 258 g/mol. The maximum absolute atomic E-state index is 10.9. The molecule has 0 spiro atoms. The minimum Gasteiger partial charge on any atom is -0.336 e. The minimum atomic E-state index is -0.478. The maximum atomic E-state index is 10.9. The number of aromatic nitrogens is 4. The number of nitro groups is 1. The Morgan fingerprint density at radius 2 is 2.25 bits per heavy atom. The molecule has 0 unspecified atom stereocenters. The van der Waals surface area contributed by atoms with Crippen molar-refractivity contribution in [2.24, 2.45) is 0 Å². The molecule has 1 aromatic carbocycles. The predicted octanol–water partition coefficient (Wildman–Crippen LogP) is 2.81. The van der Waals surface area contributed by atoms with Crippen molar-refractivity contribution in [3.8, 4) is 11.5 Å². The van der Waals surface area contributed by atoms with Gasteiger partial charge in [-0.3, -0.25) is 15.2 Å². The van der Waals surface area contributed by atoms with E-state index in [2.05, 4.69) is 27.1 Å². The highest BCUT2D eigenvalue weighted by molar-refractivity contribution is 5.80. The largest absolute Gasteiger partial charge is 0.336 e. The zero-order chi connectivity index (χ0) is 14.1. The molecule has 0 aliphatic heterocycles. The van der Waals surface area contributed by atoms with Crippen molar-refractivity contribution in [1.82, 2.24) is 20.2 Å². The number of nitrogens with zero attached hydrogens (tertiary/aromatic N) is 3. The molecule has 0 aliphatic rings. The summed E-state index contributed by atoms with van der Waals surface area (Å²) in [5.41, 5.74) is 2.98. The normalized spacial score (nSPS) is 11.1. The van der Waals surface area contributed by atoms with Crippen molar-refractivity contribution in [3.05, 3.63) is 40.1 Å². The van der Waals surface area contributed by atoms with Gasteiger partial charge in [-0.25, -0.2) is 4.98 Å². The monoisotopic (exact) mass is 271 g/mol. The number of fused-ring (bicyclic) bond motifs is 1. The maximum Gasteiger partial charge on any atom is 0.317 e. The van der Waals surface area contributed by atoms with Crippen LogP contribution in [0.15, 0.2) is 24.4 Å². The standard InChI is InChI=1S/C13H13N5O2/c1-2-3-8-4-5-9-10(6-8)16-13(15-9)12-11(18(19)20)7-14-17-12/h4-7H,2-3H2,1H3,(H,14,17)(H,15,16). The molecular formula is C13H13N5O2. The molecule has 0 atom stereocenters. The summed E-state index contributed by atoms with van der Waals surface area (Å²) in [7, 11) is 0. The van der Waals surface area contributed by atoms with Crippen LogP contribution in [0.4, 0.5) is 5.69 Å². The SMILES string of the molecule is CCCc1ccc2[nH]c(-c3n[nH]cc3[N+](=O)[O-])nc2c1. The summed E-state index contributed by atoms with van der Waals surface area (Å²) in [6, 6.07) is 5.97. The van der Waals surface area contributed by atoms with Crippen LogP contribution in [0.1, 0.15) is 18.9 Å². The van der Waals surface area contributed by atoms with E-state index in [-0.39, 0.29) is 11.4 Å². The summed E-state index contributed by atoms with van der Waals surface area (Å²) in [5, 5.41) is 17.3. The lowest BCUT2D eigenvalue weighted by molar-refractivity contribution is -0.384. The first kappa shape index (κ1) is 12.3. The van der Waals surface area contributed by atoms with Crippen molar-refractivity contribution in [1.29, 1.82) is 0 Å². The lowest BCUT2D eigenvalue weighted by atomic mass is 10.1. The summed E-state index contributed by atoms with van der Waals surface area (Å²) >= 11 is 0. The summed E-state index contributed by atoms with van der Waals surface area (Å²) in [5.74, 6) is 0.404. The molecule has 7 heteroatoms. The molecule has 0 saturated carbocycles. The van der Waals surface area contributed by atoms with Crippen LogP contribution < -0.4 is 0 Å². The third kappa shape index (κ3) is 2.03. The lowest BCUT2D eigenvalue weighted by Gasteiger charge is -1.96. The first-order valence-corrected chi connectivity index (χ1v) is 6.36. The van der Waals surface area contributed by atoms with Crippen molar-refractivity contribution >= 4 is 16.7 Å². The van der Waals surface area contributed by atoms with Gasteiger partial charge < -0.3 is 4.98 Å². The van der Waals surface area contributed by atoms with Crippen LogP contribution in [0, 0.1) is 10.1 Å². The molecule has 0 amide bonds. The summed E-state index contributed by atoms with van der Waals surface area (Å²) in [4.78, 5) is 17.9. The van der Waals surface area contributed by atoms with Gasteiger partial charge in [-0.2, -0.15) is 5.10 Å². The average Bonchev–Trinajstić information content (AvgIpc) is 3.04. The van der Waals surface area contributed by atoms with Gasteiger partial charge in [0.1, 0.15) is 6.20 Å². The van der Waals surface area contributed by atoms with Crippen molar-refractivity contribution in [3.63, 3.8) is 0 Å². The number of aryl methyl sites for hydroxylation is 1. The van der Waals surface area contributed by atoms with E-state index in [1.165, 1.54) is 11.8 Å². The molecule has 0 radical (unpaired) electrons. The van der Waals surface area contributed by atoms with Gasteiger partial charge in [-0.15, -0.1) is 0 Å². The van der Waals surface area contributed by atoms with E-state index in [9.17, 15) is 10.1 Å². The first-order chi connectivity index (χ1) is 9.69. The summed E-state index contributed by atoms with van der Waals surface area (Å²) in [6.07, 6.45) is 3.30. The fourth-order valence-electron chi connectivity index (χ4n) is 2.20. The molecule has 2 heterocycles. The quantitative estimate of drug-likeness (QED) is 0.562. The van der Waals surface area contributed by atoms with Gasteiger partial charge >= 0.3 is 5.69 Å². The number of imidazole rings is 1. The number of H-pyrrole nitrogens is 2. The van der Waals surface area contributed by atoms with Crippen LogP contribution in [0.5, 0.6) is 0 Å². The van der Waals surface area contributed by atoms with E-state index in [0.29, 0.717) is 5.82 Å². The van der Waals surface area contributed by atoms with E-state index in [1.807, 2.05) is 18.2 Å². The Balaban J connectivity index is 2.08. The molecule has 7 nitrogen and oxygen atoms in total. The zero-order valence-corrected chi connectivity index (χ0v) is 10.9. The van der Waals surface area contributed by atoms with Gasteiger partial charge in [0.2, 0.25) is 5.69 Å². The van der Waals surface area contributed by atoms with Crippen LogP contribution in [0.3, 0.4) is 0 Å². The van der Waals surface area contributed by atoms with Crippen LogP contribution in [-0.4, -0.2) is 25.1 Å². The highest BCUT2D eigenvalue weighted by Gasteiger charge is 2.21. The number of aromatic amines is 2. The van der Waals surface area contributed by atoms with E-state index in [4.69, 9.17) is 0 Å². The van der Waals surface area contributed by atoms with Gasteiger partial charge in [-0.1, -0.05) is 19.4 Å². The van der Waals surface area contributed by atoms with E-state index in [0.717, 1.165) is 23.9 Å². The summed E-state index contributed by atoms with van der Waals surface area (Å²) in [6.45, 7) is 2.12.